The van der Waals surface area contributed by atoms with Gasteiger partial charge in [-0.05, 0) is 159 Å². The molecule has 0 fully saturated rings. The Hall–Kier alpha value is -1.74. The van der Waals surface area contributed by atoms with Gasteiger partial charge in [-0.15, -0.1) is 0 Å². The van der Waals surface area contributed by atoms with Gasteiger partial charge in [0.1, 0.15) is 0 Å². The second-order valence-corrected chi connectivity index (χ2v) is 41.7. The van der Waals surface area contributed by atoms with Gasteiger partial charge in [0.2, 0.25) is 5.91 Å². The van der Waals surface area contributed by atoms with Gasteiger partial charge in [0, 0.05) is 13.5 Å². The first-order chi connectivity index (χ1) is 40.7. The molecule has 0 aliphatic heterocycles. The third-order valence-corrected chi connectivity index (χ3v) is 14.2. The molecular weight excluding hydrogens is 1130 g/mol. The predicted octanol–water partition coefficient (Wildman–Crippen LogP) is 31.4. The first kappa shape index (κ1) is 109. The van der Waals surface area contributed by atoms with Crippen LogP contribution in [0, 0.1) is 84.7 Å². The maximum atomic E-state index is 10.5. The lowest BCUT2D eigenvalue weighted by atomic mass is 9.84. The first-order valence-electron chi connectivity index (χ1n) is 37.5. The van der Waals surface area contributed by atoms with E-state index in [2.05, 4.69) is 364 Å². The van der Waals surface area contributed by atoms with Crippen molar-refractivity contribution < 1.29 is 4.79 Å². The number of carbonyl (C=O) groups excluding carboxylic acids is 1. The van der Waals surface area contributed by atoms with E-state index < -0.39 is 0 Å². The molecule has 0 saturated heterocycles. The zero-order chi connectivity index (χ0) is 75.4. The fourth-order valence-electron chi connectivity index (χ4n) is 7.33. The molecule has 0 heterocycles. The summed E-state index contributed by atoms with van der Waals surface area (Å²) in [4.78, 5) is 10.5. The molecule has 1 amide bonds. The molecule has 0 aromatic heterocycles. The molecule has 1 N–H and O–H groups in total. The standard InChI is InChI=1S/C12H18.C11H16.C10H21NO.3C8H18.C7H16S.2C7H16.C6H14.C5H12/c1-10-5-7-11(8-6-10)9-12(2,3)4;1-11(2,3)9-10-7-5-4-6-8-10;1-9(12)11-8-6-5-7-10(2,3)4;1-7(2)6-8(3,4)5;1-7(2)5-6-8(3)4;1-5-6-7-8(2,3)4;1-7(2,3)5-6-8-4;1-6(2)7(3,4)5;1-5-6-7(2,3)4;1-5-6(2,3)4;1-5(2,3)4/h5-8H,9H2,1-4H3;4-8H,9H2,1-3H3;5-8H2,1-4H3,(H,11,12);7H,6H2,1-5H3;7-8H,5-6H2,1-4H3;5-7H2,1-4H3;5-6H2,1-4H3;6H,1-5H3;5-6H2,1-4H3;5H2,1-4H3;1-4H3. The summed E-state index contributed by atoms with van der Waals surface area (Å²) in [6.07, 6.45) is 21.4. The molecule has 0 radical (unpaired) electrons. The topological polar surface area (TPSA) is 29.1 Å². The van der Waals surface area contributed by atoms with Crippen LogP contribution in [0.3, 0.4) is 0 Å². The van der Waals surface area contributed by atoms with Gasteiger partial charge in [-0.1, -0.05) is 396 Å². The molecule has 2 nitrogen and oxygen atoms in total. The number of unbranched alkanes of at least 4 members (excludes halogenated alkanes) is 2. The van der Waals surface area contributed by atoms with Crippen molar-refractivity contribution >= 4 is 17.7 Å². The molecule has 556 valence electrons. The van der Waals surface area contributed by atoms with E-state index in [0.717, 1.165) is 49.5 Å². The van der Waals surface area contributed by atoms with E-state index in [0.29, 0.717) is 54.1 Å². The zero-order valence-corrected chi connectivity index (χ0v) is 73.7. The Morgan fingerprint density at radius 3 is 0.924 bits per heavy atom. The van der Waals surface area contributed by atoms with Crippen molar-refractivity contribution in [3.8, 4) is 0 Å². The monoisotopic (exact) mass is 1310 g/mol. The van der Waals surface area contributed by atoms with Crippen molar-refractivity contribution in [2.45, 2.75) is 401 Å². The van der Waals surface area contributed by atoms with E-state index >= 15 is 0 Å². The Morgan fingerprint density at radius 1 is 0.413 bits per heavy atom. The molecule has 0 bridgehead atoms. The van der Waals surface area contributed by atoms with Crippen LogP contribution in [0.25, 0.3) is 0 Å². The highest BCUT2D eigenvalue weighted by Gasteiger charge is 2.15. The van der Waals surface area contributed by atoms with Gasteiger partial charge in [-0.2, -0.15) is 11.8 Å². The molecule has 0 unspecified atom stereocenters. The fraction of sp³-hybridized carbons (Fsp3) is 0.854. The van der Waals surface area contributed by atoms with Gasteiger partial charge in [-0.25, -0.2) is 0 Å². The maximum Gasteiger partial charge on any atom is 0.216 e. The second kappa shape index (κ2) is 57.2. The predicted molar refractivity (Wildman–Crippen MR) is 439 cm³/mol. The summed E-state index contributed by atoms with van der Waals surface area (Å²) in [6.45, 7) is 99.3. The Balaban J connectivity index is -0.000000119. The molecule has 0 spiro atoms. The van der Waals surface area contributed by atoms with E-state index in [1.165, 1.54) is 99.5 Å². The molecule has 3 heteroatoms. The van der Waals surface area contributed by atoms with Gasteiger partial charge in [0.05, 0.1) is 0 Å². The van der Waals surface area contributed by atoms with Crippen LogP contribution in [-0.4, -0.2) is 24.5 Å². The summed E-state index contributed by atoms with van der Waals surface area (Å²) in [5, 5.41) is 2.79. The zero-order valence-electron chi connectivity index (χ0n) is 72.8. The van der Waals surface area contributed by atoms with Crippen LogP contribution in [0.1, 0.15) is 398 Å². The van der Waals surface area contributed by atoms with E-state index in [1.807, 2.05) is 11.8 Å². The minimum Gasteiger partial charge on any atom is -0.356 e. The van der Waals surface area contributed by atoms with Crippen molar-refractivity contribution in [2.75, 3.05) is 18.6 Å². The fourth-order valence-corrected chi connectivity index (χ4v) is 8.14. The number of hydrogen-bond acceptors (Lipinski definition) is 2. The molecule has 92 heavy (non-hydrogen) atoms. The largest absolute Gasteiger partial charge is 0.356 e. The van der Waals surface area contributed by atoms with E-state index in [-0.39, 0.29) is 5.91 Å². The van der Waals surface area contributed by atoms with Gasteiger partial charge in [0.15, 0.2) is 0 Å². The summed E-state index contributed by atoms with van der Waals surface area (Å²) in [6, 6.07) is 19.4. The SMILES string of the molecule is CC(=O)NCCCCC(C)(C)C.CC(C)(C)C.CC(C)(C)Cc1ccccc1.CC(C)C(C)(C)C.CC(C)CC(C)(C)C.CC(C)CCC(C)C.CCC(C)(C)C.CCCC(C)(C)C.CCCCC(C)(C)C.CSCCC(C)(C)C.Cc1ccc(CC(C)(C)C)cc1. The quantitative estimate of drug-likeness (QED) is 0.180. The number of hydrogen-bond donors (Lipinski definition) is 1. The van der Waals surface area contributed by atoms with Gasteiger partial charge in [0.25, 0.3) is 0 Å². The van der Waals surface area contributed by atoms with Gasteiger partial charge < -0.3 is 5.32 Å². The highest BCUT2D eigenvalue weighted by Crippen LogP contribution is 2.27. The van der Waals surface area contributed by atoms with Crippen molar-refractivity contribution in [3.63, 3.8) is 0 Å². The van der Waals surface area contributed by atoms with Crippen LogP contribution in [0.15, 0.2) is 54.6 Å². The smallest absolute Gasteiger partial charge is 0.216 e. The molecule has 2 aromatic rings. The second-order valence-electron chi connectivity index (χ2n) is 40.7. The Labute approximate surface area is 592 Å². The van der Waals surface area contributed by atoms with E-state index in [4.69, 9.17) is 0 Å². The Kier molecular flexibility index (Phi) is 67.7. The summed E-state index contributed by atoms with van der Waals surface area (Å²) in [7, 11) is 0. The minimum atomic E-state index is 0.0748. The maximum absolute atomic E-state index is 10.5. The third kappa shape index (κ3) is 144. The normalized spacial score (nSPS) is 11.9. The third-order valence-electron chi connectivity index (χ3n) is 13.6. The van der Waals surface area contributed by atoms with Crippen LogP contribution in [0.2, 0.25) is 0 Å². The van der Waals surface area contributed by atoms with E-state index in [1.54, 1.807) is 6.92 Å². The van der Waals surface area contributed by atoms with Gasteiger partial charge in [-0.3, -0.25) is 4.79 Å². The number of amides is 1. The lowest BCUT2D eigenvalue weighted by Gasteiger charge is -2.22. The summed E-state index contributed by atoms with van der Waals surface area (Å²) in [5.41, 5.74) is 9.13. The number of aryl methyl sites for hydroxylation is 1. The highest BCUT2D eigenvalue weighted by molar-refractivity contribution is 7.98. The molecular formula is C89H183NOS. The average Bonchev–Trinajstić information content (AvgIpc) is 1.17. The van der Waals surface area contributed by atoms with Crippen molar-refractivity contribution in [2.24, 2.45) is 77.8 Å². The van der Waals surface area contributed by atoms with Crippen LogP contribution in [0.4, 0.5) is 0 Å². The average molecular weight is 1320 g/mol. The van der Waals surface area contributed by atoms with Crippen molar-refractivity contribution in [1.29, 1.82) is 0 Å². The number of thioether (sulfide) groups is 1. The Bertz CT molecular complexity index is 1780. The summed E-state index contributed by atoms with van der Waals surface area (Å²) < 4.78 is 0. The lowest BCUT2D eigenvalue weighted by molar-refractivity contribution is -0.118. The van der Waals surface area contributed by atoms with Crippen LogP contribution >= 0.6 is 11.8 Å². The first-order valence-corrected chi connectivity index (χ1v) is 38.9. The molecule has 2 rings (SSSR count). The van der Waals surface area contributed by atoms with Crippen LogP contribution < -0.4 is 5.32 Å². The minimum absolute atomic E-state index is 0.0748. The number of benzene rings is 2. The van der Waals surface area contributed by atoms with Gasteiger partial charge >= 0.3 is 0 Å². The van der Waals surface area contributed by atoms with E-state index in [9.17, 15) is 4.79 Å². The number of carbonyl (C=O) groups is 1. The molecule has 0 saturated carbocycles. The number of nitrogens with one attached hydrogen (secondary N) is 1. The van der Waals surface area contributed by atoms with Crippen LogP contribution in [0.5, 0.6) is 0 Å². The molecule has 2 aromatic carbocycles. The highest BCUT2D eigenvalue weighted by atomic mass is 32.2. The molecule has 0 atom stereocenters. The molecule has 0 aliphatic rings. The summed E-state index contributed by atoms with van der Waals surface area (Å²) in [5.74, 6) is 4.78. The van der Waals surface area contributed by atoms with Crippen LogP contribution in [-0.2, 0) is 17.6 Å². The van der Waals surface area contributed by atoms with Crippen molar-refractivity contribution in [1.82, 2.24) is 5.32 Å². The summed E-state index contributed by atoms with van der Waals surface area (Å²) >= 11 is 1.93. The van der Waals surface area contributed by atoms with Crippen molar-refractivity contribution in [3.05, 3.63) is 71.3 Å². The Morgan fingerprint density at radius 2 is 0.739 bits per heavy atom. The molecule has 0 aliphatic carbocycles. The lowest BCUT2D eigenvalue weighted by Crippen LogP contribution is -2.21. The number of rotatable bonds is 15.